The van der Waals surface area contributed by atoms with Crippen molar-refractivity contribution in [3.63, 3.8) is 0 Å². The van der Waals surface area contributed by atoms with Gasteiger partial charge < -0.3 is 0 Å². The Morgan fingerprint density at radius 3 is 1.47 bits per heavy atom. The largest absolute Gasteiger partial charge is 0.0885 e. The first-order chi connectivity index (χ1) is 9.41. The van der Waals surface area contributed by atoms with Crippen LogP contribution in [0.3, 0.4) is 0 Å². The third kappa shape index (κ3) is 18.5. The van der Waals surface area contributed by atoms with E-state index < -0.39 is 0 Å². The first-order valence-electron chi connectivity index (χ1n) is 8.62. The van der Waals surface area contributed by atoms with E-state index in [1.54, 1.807) is 0 Å². The van der Waals surface area contributed by atoms with Gasteiger partial charge in [0.2, 0.25) is 0 Å². The average molecular weight is 378 g/mol. The van der Waals surface area contributed by atoms with Gasteiger partial charge in [-0.3, -0.25) is 0 Å². The maximum absolute atomic E-state index is 2.48. The highest BCUT2D eigenvalue weighted by Crippen LogP contribution is 2.10. The lowest BCUT2D eigenvalue weighted by Crippen LogP contribution is -1.80. The molecule has 0 fully saturated rings. The minimum Gasteiger partial charge on any atom is -0.0885 e. The highest BCUT2D eigenvalue weighted by molar-refractivity contribution is 14.1. The Hall–Kier alpha value is 0.470. The molecule has 0 aromatic rings. The van der Waals surface area contributed by atoms with Crippen molar-refractivity contribution < 1.29 is 0 Å². The molecule has 0 spiro atoms. The first-order valence-corrected chi connectivity index (χ1v) is 10.1. The molecule has 0 N–H and O–H groups in total. The zero-order chi connectivity index (χ0) is 14.0. The van der Waals surface area contributed by atoms with Gasteiger partial charge in [0.15, 0.2) is 0 Å². The fraction of sp³-hybridized carbons (Fsp3) is 0.889. The standard InChI is InChI=1S/C18H35I/c1-2-3-4-5-6-7-8-9-10-11-12-13-14-15-16-17-18-19/h9-10H,2-8,11-18H2,1H3/b10-9-. The second-order valence-corrected chi connectivity index (χ2v) is 6.71. The van der Waals surface area contributed by atoms with Crippen LogP contribution in [0.25, 0.3) is 0 Å². The Balaban J connectivity index is 3.01. The van der Waals surface area contributed by atoms with Gasteiger partial charge in [-0.2, -0.15) is 0 Å². The van der Waals surface area contributed by atoms with E-state index >= 15 is 0 Å². The number of halogens is 1. The van der Waals surface area contributed by atoms with Gasteiger partial charge in [-0.1, -0.05) is 99.5 Å². The van der Waals surface area contributed by atoms with Crippen LogP contribution < -0.4 is 0 Å². The number of hydrogen-bond acceptors (Lipinski definition) is 0. The average Bonchev–Trinajstić information content (AvgIpc) is 2.43. The van der Waals surface area contributed by atoms with Gasteiger partial charge in [-0.25, -0.2) is 0 Å². The highest BCUT2D eigenvalue weighted by atomic mass is 127. The van der Waals surface area contributed by atoms with Crippen molar-refractivity contribution in [2.75, 3.05) is 4.43 Å². The molecule has 0 aliphatic carbocycles. The molecule has 0 unspecified atom stereocenters. The van der Waals surface area contributed by atoms with Crippen LogP contribution in [-0.2, 0) is 0 Å². The molecule has 0 nitrogen and oxygen atoms in total. The highest BCUT2D eigenvalue weighted by Gasteiger charge is 1.90. The van der Waals surface area contributed by atoms with Crippen molar-refractivity contribution in [3.05, 3.63) is 12.2 Å². The van der Waals surface area contributed by atoms with Gasteiger partial charge in [0.1, 0.15) is 0 Å². The minimum absolute atomic E-state index is 1.31. The van der Waals surface area contributed by atoms with Crippen LogP contribution >= 0.6 is 22.6 Å². The Bertz CT molecular complexity index is 175. The van der Waals surface area contributed by atoms with E-state index in [4.69, 9.17) is 0 Å². The molecule has 0 aromatic carbocycles. The zero-order valence-electron chi connectivity index (χ0n) is 13.1. The molecule has 0 aromatic heterocycles. The number of rotatable bonds is 15. The maximum Gasteiger partial charge on any atom is -0.000473 e. The van der Waals surface area contributed by atoms with Crippen LogP contribution in [0.2, 0.25) is 0 Å². The number of hydrogen-bond donors (Lipinski definition) is 0. The predicted octanol–water partition coefficient (Wildman–Crippen LogP) is 7.46. The molecule has 1 heteroatoms. The number of alkyl halides is 1. The minimum atomic E-state index is 1.31. The molecular weight excluding hydrogens is 343 g/mol. The Kier molecular flexibility index (Phi) is 18.9. The topological polar surface area (TPSA) is 0 Å². The summed E-state index contributed by atoms with van der Waals surface area (Å²) in [5.41, 5.74) is 0. The summed E-state index contributed by atoms with van der Waals surface area (Å²) in [6.07, 6.45) is 24.5. The Morgan fingerprint density at radius 2 is 1.00 bits per heavy atom. The lowest BCUT2D eigenvalue weighted by molar-refractivity contribution is 0.608. The van der Waals surface area contributed by atoms with Gasteiger partial charge in [0.05, 0.1) is 0 Å². The molecule has 0 aliphatic heterocycles. The maximum atomic E-state index is 2.48. The van der Waals surface area contributed by atoms with Gasteiger partial charge >= 0.3 is 0 Å². The van der Waals surface area contributed by atoms with Crippen LogP contribution in [0, 0.1) is 0 Å². The summed E-state index contributed by atoms with van der Waals surface area (Å²) in [5, 5.41) is 0. The van der Waals surface area contributed by atoms with E-state index in [1.165, 1.54) is 94.3 Å². The fourth-order valence-corrected chi connectivity index (χ4v) is 2.88. The number of unbranched alkanes of at least 4 members (excludes halogenated alkanes) is 12. The zero-order valence-corrected chi connectivity index (χ0v) is 15.3. The lowest BCUT2D eigenvalue weighted by atomic mass is 10.1. The summed E-state index contributed by atoms with van der Waals surface area (Å²) in [4.78, 5) is 0. The van der Waals surface area contributed by atoms with Gasteiger partial charge in [-0.05, 0) is 36.5 Å². The van der Waals surface area contributed by atoms with Crippen molar-refractivity contribution in [1.29, 1.82) is 0 Å². The summed E-state index contributed by atoms with van der Waals surface area (Å²) in [7, 11) is 0. The molecule has 0 saturated heterocycles. The van der Waals surface area contributed by atoms with E-state index in [2.05, 4.69) is 41.7 Å². The van der Waals surface area contributed by atoms with E-state index in [0.29, 0.717) is 0 Å². The second-order valence-electron chi connectivity index (χ2n) is 5.63. The van der Waals surface area contributed by atoms with Crippen LogP contribution in [0.15, 0.2) is 12.2 Å². The SMILES string of the molecule is CCCCCCCC/C=C\CCCCCCCCI. The van der Waals surface area contributed by atoms with Crippen molar-refractivity contribution in [2.45, 2.75) is 96.8 Å². The predicted molar refractivity (Wildman–Crippen MR) is 98.3 cm³/mol. The van der Waals surface area contributed by atoms with E-state index in [0.717, 1.165) is 0 Å². The molecular formula is C18H35I. The molecule has 0 atom stereocenters. The second kappa shape index (κ2) is 18.5. The molecule has 0 amide bonds. The van der Waals surface area contributed by atoms with Crippen molar-refractivity contribution in [1.82, 2.24) is 0 Å². The van der Waals surface area contributed by atoms with Gasteiger partial charge in [0.25, 0.3) is 0 Å². The quantitative estimate of drug-likeness (QED) is 0.120. The molecule has 0 aliphatic rings. The van der Waals surface area contributed by atoms with Crippen LogP contribution in [0.5, 0.6) is 0 Å². The van der Waals surface area contributed by atoms with E-state index in [-0.39, 0.29) is 0 Å². The summed E-state index contributed by atoms with van der Waals surface area (Å²) in [6, 6.07) is 0. The monoisotopic (exact) mass is 378 g/mol. The van der Waals surface area contributed by atoms with Gasteiger partial charge in [-0.15, -0.1) is 0 Å². The molecule has 0 bridgehead atoms. The molecule has 0 heterocycles. The van der Waals surface area contributed by atoms with Crippen LogP contribution in [-0.4, -0.2) is 4.43 Å². The van der Waals surface area contributed by atoms with Crippen LogP contribution in [0.1, 0.15) is 96.8 Å². The Labute approximate surface area is 136 Å². The van der Waals surface area contributed by atoms with Gasteiger partial charge in [0, 0.05) is 0 Å². The third-order valence-corrected chi connectivity index (χ3v) is 4.41. The van der Waals surface area contributed by atoms with Crippen molar-refractivity contribution >= 4 is 22.6 Å². The normalized spacial score (nSPS) is 11.5. The first kappa shape index (κ1) is 19.5. The lowest BCUT2D eigenvalue weighted by Gasteiger charge is -1.99. The molecule has 0 saturated carbocycles. The third-order valence-electron chi connectivity index (χ3n) is 3.65. The number of allylic oxidation sites excluding steroid dienone is 2. The summed E-state index contributed by atoms with van der Waals surface area (Å²) >= 11 is 2.48. The Morgan fingerprint density at radius 1 is 0.579 bits per heavy atom. The molecule has 19 heavy (non-hydrogen) atoms. The molecule has 0 radical (unpaired) electrons. The molecule has 114 valence electrons. The summed E-state index contributed by atoms with van der Waals surface area (Å²) in [5.74, 6) is 0. The smallest absolute Gasteiger partial charge is 0.000473 e. The van der Waals surface area contributed by atoms with Crippen LogP contribution in [0.4, 0.5) is 0 Å². The van der Waals surface area contributed by atoms with E-state index in [9.17, 15) is 0 Å². The summed E-state index contributed by atoms with van der Waals surface area (Å²) < 4.78 is 1.33. The van der Waals surface area contributed by atoms with Crippen molar-refractivity contribution in [2.24, 2.45) is 0 Å². The van der Waals surface area contributed by atoms with E-state index in [1.807, 2.05) is 0 Å². The fourth-order valence-electron chi connectivity index (χ4n) is 2.34. The molecule has 0 rings (SSSR count). The van der Waals surface area contributed by atoms with Crippen molar-refractivity contribution in [3.8, 4) is 0 Å². The summed E-state index contributed by atoms with van der Waals surface area (Å²) in [6.45, 7) is 2.28.